The summed E-state index contributed by atoms with van der Waals surface area (Å²) in [7, 11) is 5.41. The minimum Gasteiger partial charge on any atom is -0.398 e. The van der Waals surface area contributed by atoms with Crippen molar-refractivity contribution in [1.29, 1.82) is 0 Å². The van der Waals surface area contributed by atoms with E-state index in [0.717, 1.165) is 9.77 Å². The molecule has 1 aromatic carbocycles. The summed E-state index contributed by atoms with van der Waals surface area (Å²) in [4.78, 5) is 0.684. The van der Waals surface area contributed by atoms with Gasteiger partial charge in [0.15, 0.2) is 0 Å². The van der Waals surface area contributed by atoms with Gasteiger partial charge in [0.25, 0.3) is 0 Å². The zero-order chi connectivity index (χ0) is 13.1. The summed E-state index contributed by atoms with van der Waals surface area (Å²) >= 11 is 2.84. The highest BCUT2D eigenvalue weighted by Gasteiger charge is 2.12. The summed E-state index contributed by atoms with van der Waals surface area (Å²) in [5.41, 5.74) is 1.16. The predicted molar refractivity (Wildman–Crippen MR) is 71.5 cm³/mol. The van der Waals surface area contributed by atoms with Crippen LogP contribution in [-0.4, -0.2) is 18.1 Å². The van der Waals surface area contributed by atoms with E-state index in [-0.39, 0.29) is 6.61 Å². The molecule has 1 heterocycles. The highest BCUT2D eigenvalue weighted by Crippen LogP contribution is 2.38. The molecule has 6 heteroatoms. The molecule has 0 aliphatic rings. The number of hydrogen-bond acceptors (Lipinski definition) is 4. The van der Waals surface area contributed by atoms with Crippen molar-refractivity contribution in [2.75, 3.05) is 0 Å². The third kappa shape index (κ3) is 2.95. The molecule has 2 nitrogen and oxygen atoms in total. The lowest BCUT2D eigenvalue weighted by Gasteiger charge is -2.11. The first-order chi connectivity index (χ1) is 8.61. The fourth-order valence-electron chi connectivity index (χ4n) is 1.47. The fourth-order valence-corrected chi connectivity index (χ4v) is 3.64. The molecule has 0 saturated heterocycles. The van der Waals surface area contributed by atoms with Crippen LogP contribution in [-0.2, 0) is 6.61 Å². The van der Waals surface area contributed by atoms with Gasteiger partial charge in [-0.2, -0.15) is 0 Å². The van der Waals surface area contributed by atoms with Crippen LogP contribution in [0.25, 0.3) is 0 Å². The number of benzene rings is 1. The summed E-state index contributed by atoms with van der Waals surface area (Å²) in [6, 6.07) is 4.72. The second kappa shape index (κ2) is 5.88. The Morgan fingerprint density at radius 1 is 1.39 bits per heavy atom. The molecule has 0 saturated carbocycles. The molecule has 1 unspecified atom stereocenters. The van der Waals surface area contributed by atoms with E-state index in [9.17, 15) is 9.50 Å². The molecule has 2 radical (unpaired) electrons. The van der Waals surface area contributed by atoms with Gasteiger partial charge in [-0.05, 0) is 35.2 Å². The van der Waals surface area contributed by atoms with Crippen molar-refractivity contribution in [3.8, 4) is 0 Å². The lowest BCUT2D eigenvalue weighted by molar-refractivity contribution is 0.258. The lowest BCUT2D eigenvalue weighted by Crippen LogP contribution is -1.99. The molecule has 0 amide bonds. The number of hydrogen-bond donors (Lipinski definition) is 2. The first-order valence-corrected chi connectivity index (χ1v) is 6.89. The average Bonchev–Trinajstić information content (AvgIpc) is 2.78. The highest BCUT2D eigenvalue weighted by atomic mass is 32.2. The van der Waals surface area contributed by atoms with E-state index < -0.39 is 11.8 Å². The van der Waals surface area contributed by atoms with Crippen LogP contribution in [0.5, 0.6) is 0 Å². The van der Waals surface area contributed by atoms with Gasteiger partial charge in [0.1, 0.15) is 13.7 Å². The Kier molecular flexibility index (Phi) is 4.45. The fraction of sp³-hybridized carbons (Fsp3) is 0.167. The SMILES string of the molecule is [B]C(O)c1cc(F)ccc1Sc1sccc1CO. The van der Waals surface area contributed by atoms with E-state index in [1.165, 1.54) is 35.2 Å². The number of aliphatic hydroxyl groups excluding tert-OH is 2. The van der Waals surface area contributed by atoms with Crippen LogP contribution in [0.4, 0.5) is 4.39 Å². The van der Waals surface area contributed by atoms with Crippen molar-refractivity contribution < 1.29 is 14.6 Å². The molecule has 0 spiro atoms. The van der Waals surface area contributed by atoms with Crippen LogP contribution >= 0.6 is 23.1 Å². The highest BCUT2D eigenvalue weighted by molar-refractivity contribution is 8.01. The molecular weight excluding hydrogens is 270 g/mol. The van der Waals surface area contributed by atoms with E-state index in [0.29, 0.717) is 10.5 Å². The zero-order valence-corrected chi connectivity index (χ0v) is 11.0. The molecule has 0 bridgehead atoms. The molecule has 2 rings (SSSR count). The Morgan fingerprint density at radius 3 is 2.83 bits per heavy atom. The van der Waals surface area contributed by atoms with Crippen molar-refractivity contribution in [3.63, 3.8) is 0 Å². The first kappa shape index (κ1) is 13.6. The minimum atomic E-state index is -1.22. The van der Waals surface area contributed by atoms with Crippen LogP contribution in [0.2, 0.25) is 0 Å². The Bertz CT molecular complexity index is 543. The molecule has 18 heavy (non-hydrogen) atoms. The molecule has 1 atom stereocenters. The second-order valence-electron chi connectivity index (χ2n) is 3.62. The third-order valence-corrected chi connectivity index (χ3v) is 4.70. The van der Waals surface area contributed by atoms with E-state index in [1.807, 2.05) is 11.4 Å². The van der Waals surface area contributed by atoms with Gasteiger partial charge in [-0.3, -0.25) is 0 Å². The Hall–Kier alpha value is -0.815. The van der Waals surface area contributed by atoms with Crippen molar-refractivity contribution in [2.24, 2.45) is 0 Å². The predicted octanol–water partition coefficient (Wildman–Crippen LogP) is 2.69. The number of thiophene rings is 1. The summed E-state index contributed by atoms with van der Waals surface area (Å²) in [5, 5.41) is 20.5. The van der Waals surface area contributed by atoms with Gasteiger partial charge in [0, 0.05) is 16.5 Å². The minimum absolute atomic E-state index is 0.0481. The zero-order valence-electron chi connectivity index (χ0n) is 9.34. The standard InChI is InChI=1S/C12H10BFO2S2/c13-11(16)9-5-8(14)1-2-10(9)18-12-7(6-15)3-4-17-12/h1-5,11,15-16H,6H2. The second-order valence-corrected chi connectivity index (χ2v) is 5.85. The first-order valence-electron chi connectivity index (χ1n) is 5.20. The molecular formula is C12H10BFO2S2. The Morgan fingerprint density at radius 2 is 2.17 bits per heavy atom. The van der Waals surface area contributed by atoms with Crippen LogP contribution in [0, 0.1) is 5.82 Å². The van der Waals surface area contributed by atoms with Gasteiger partial charge in [0.05, 0.1) is 10.8 Å². The maximum absolute atomic E-state index is 13.1. The molecule has 0 fully saturated rings. The summed E-state index contributed by atoms with van der Waals surface area (Å²) in [6.07, 6.45) is 0. The topological polar surface area (TPSA) is 40.5 Å². The van der Waals surface area contributed by atoms with E-state index in [4.69, 9.17) is 13.0 Å². The van der Waals surface area contributed by atoms with Crippen LogP contribution < -0.4 is 0 Å². The van der Waals surface area contributed by atoms with Crippen LogP contribution in [0.15, 0.2) is 38.8 Å². The maximum atomic E-state index is 13.1. The molecule has 0 aliphatic heterocycles. The molecule has 2 aromatic rings. The largest absolute Gasteiger partial charge is 0.398 e. The quantitative estimate of drug-likeness (QED) is 0.846. The number of rotatable bonds is 4. The van der Waals surface area contributed by atoms with Gasteiger partial charge in [-0.25, -0.2) is 4.39 Å². The summed E-state index contributed by atoms with van der Waals surface area (Å²) < 4.78 is 14.0. The van der Waals surface area contributed by atoms with Gasteiger partial charge < -0.3 is 10.2 Å². The van der Waals surface area contributed by atoms with E-state index in [2.05, 4.69) is 0 Å². The van der Waals surface area contributed by atoms with Crippen molar-refractivity contribution in [2.45, 2.75) is 21.7 Å². The van der Waals surface area contributed by atoms with Crippen LogP contribution in [0.3, 0.4) is 0 Å². The van der Waals surface area contributed by atoms with E-state index in [1.54, 1.807) is 6.07 Å². The van der Waals surface area contributed by atoms with Gasteiger partial charge in [0.2, 0.25) is 0 Å². The van der Waals surface area contributed by atoms with Gasteiger partial charge >= 0.3 is 0 Å². The number of aliphatic hydroxyl groups is 2. The Labute approximate surface area is 114 Å². The molecule has 0 aliphatic carbocycles. The molecule has 92 valence electrons. The van der Waals surface area contributed by atoms with Crippen molar-refractivity contribution >= 4 is 30.9 Å². The monoisotopic (exact) mass is 280 g/mol. The van der Waals surface area contributed by atoms with Crippen molar-refractivity contribution in [3.05, 3.63) is 46.6 Å². The van der Waals surface area contributed by atoms with E-state index >= 15 is 0 Å². The third-order valence-electron chi connectivity index (χ3n) is 2.37. The van der Waals surface area contributed by atoms with Gasteiger partial charge in [-0.1, -0.05) is 11.8 Å². The molecule has 1 aromatic heterocycles. The lowest BCUT2D eigenvalue weighted by atomic mass is 9.92. The number of halogens is 1. The average molecular weight is 280 g/mol. The summed E-state index contributed by atoms with van der Waals surface area (Å²) in [5.74, 6) is -0.438. The normalized spacial score (nSPS) is 12.6. The van der Waals surface area contributed by atoms with Gasteiger partial charge in [-0.15, -0.1) is 11.3 Å². The van der Waals surface area contributed by atoms with Crippen molar-refractivity contribution in [1.82, 2.24) is 0 Å². The maximum Gasteiger partial charge on any atom is 0.123 e. The summed E-state index contributed by atoms with van der Waals surface area (Å²) in [6.45, 7) is -0.0481. The smallest absolute Gasteiger partial charge is 0.123 e. The molecule has 2 N–H and O–H groups in total. The van der Waals surface area contributed by atoms with Crippen LogP contribution in [0.1, 0.15) is 17.1 Å². The Balaban J connectivity index is 2.34.